The number of fused-ring (bicyclic) bond motifs is 2. The number of benzene rings is 2. The Bertz CT molecular complexity index is 914. The van der Waals surface area contributed by atoms with E-state index >= 15 is 0 Å². The minimum absolute atomic E-state index is 0.00233. The van der Waals surface area contributed by atoms with Crippen LogP contribution in [0.3, 0.4) is 0 Å². The third kappa shape index (κ3) is 3.05. The zero-order valence-electron chi connectivity index (χ0n) is 15.4. The van der Waals surface area contributed by atoms with Gasteiger partial charge in [-0.3, -0.25) is 9.59 Å². The van der Waals surface area contributed by atoms with E-state index < -0.39 is 11.7 Å². The molecule has 2 aliphatic rings. The Hall–Kier alpha value is -2.89. The molecule has 0 saturated heterocycles. The highest BCUT2D eigenvalue weighted by atomic mass is 19.1. The fourth-order valence-corrected chi connectivity index (χ4v) is 4.02. The van der Waals surface area contributed by atoms with Crippen LogP contribution < -0.4 is 15.1 Å². The first kappa shape index (κ1) is 17.5. The molecule has 2 aromatic rings. The zero-order valence-corrected chi connectivity index (χ0v) is 15.4. The average molecular weight is 367 g/mol. The molecule has 2 aliphatic heterocycles. The number of para-hydroxylation sites is 2. The van der Waals surface area contributed by atoms with Crippen LogP contribution in [0.15, 0.2) is 42.5 Å². The lowest BCUT2D eigenvalue weighted by Gasteiger charge is -2.34. The maximum atomic E-state index is 13.6. The number of carbonyl (C=O) groups excluding carboxylic acids is 2. The second-order valence-electron chi connectivity index (χ2n) is 7.29. The minimum atomic E-state index is -0.617. The first-order valence-electron chi connectivity index (χ1n) is 9.18. The van der Waals surface area contributed by atoms with Crippen molar-refractivity contribution in [3.8, 4) is 0 Å². The van der Waals surface area contributed by atoms with E-state index in [1.54, 1.807) is 6.07 Å². The summed E-state index contributed by atoms with van der Waals surface area (Å²) in [6.45, 7) is 2.87. The lowest BCUT2D eigenvalue weighted by atomic mass is 9.88. The van der Waals surface area contributed by atoms with Crippen molar-refractivity contribution in [1.82, 2.24) is 0 Å². The molecule has 0 aliphatic carbocycles. The molecule has 0 radical (unpaired) electrons. The van der Waals surface area contributed by atoms with E-state index in [2.05, 4.69) is 10.2 Å². The first-order chi connectivity index (χ1) is 13.0. The van der Waals surface area contributed by atoms with Gasteiger partial charge in [-0.2, -0.15) is 0 Å². The molecule has 0 fully saturated rings. The largest absolute Gasteiger partial charge is 0.373 e. The van der Waals surface area contributed by atoms with Crippen LogP contribution >= 0.6 is 0 Å². The number of nitrogens with zero attached hydrogens (tertiary/aromatic N) is 2. The summed E-state index contributed by atoms with van der Waals surface area (Å²) in [6, 6.07) is 12.0. The molecule has 1 N–H and O–H groups in total. The van der Waals surface area contributed by atoms with Gasteiger partial charge >= 0.3 is 0 Å². The molecule has 140 valence electrons. The van der Waals surface area contributed by atoms with E-state index in [1.165, 1.54) is 12.1 Å². The van der Waals surface area contributed by atoms with E-state index in [0.29, 0.717) is 11.3 Å². The number of amides is 2. The standard InChI is InChI=1S/C21H22FN3O2/c1-13-9-10-24(2)18-5-3-4-6-19(18)25(13)21(27)16-12-20(26)23-17-11-14(22)7-8-15(16)17/h3-8,11,13,16H,9-10,12H2,1-2H3,(H,23,26). The van der Waals surface area contributed by atoms with Crippen molar-refractivity contribution in [2.45, 2.75) is 31.7 Å². The van der Waals surface area contributed by atoms with Gasteiger partial charge in [0, 0.05) is 31.7 Å². The van der Waals surface area contributed by atoms with Crippen molar-refractivity contribution in [3.63, 3.8) is 0 Å². The molecule has 0 spiro atoms. The van der Waals surface area contributed by atoms with Crippen molar-refractivity contribution >= 4 is 28.9 Å². The number of nitrogens with one attached hydrogen (secondary N) is 1. The molecule has 0 saturated carbocycles. The van der Waals surface area contributed by atoms with Crippen LogP contribution in [-0.4, -0.2) is 31.4 Å². The van der Waals surface area contributed by atoms with Gasteiger partial charge in [0.15, 0.2) is 0 Å². The van der Waals surface area contributed by atoms with Crippen molar-refractivity contribution in [2.24, 2.45) is 0 Å². The SMILES string of the molecule is CC1CCN(C)c2ccccc2N1C(=O)C1CC(=O)Nc2cc(F)ccc21. The maximum absolute atomic E-state index is 13.6. The summed E-state index contributed by atoms with van der Waals surface area (Å²) in [6.07, 6.45) is 0.894. The smallest absolute Gasteiger partial charge is 0.235 e. The van der Waals surface area contributed by atoms with Crippen molar-refractivity contribution in [2.75, 3.05) is 28.7 Å². The molecule has 2 heterocycles. The van der Waals surface area contributed by atoms with Gasteiger partial charge in [-0.1, -0.05) is 18.2 Å². The van der Waals surface area contributed by atoms with Gasteiger partial charge in [-0.05, 0) is 43.2 Å². The van der Waals surface area contributed by atoms with Crippen molar-refractivity contribution in [1.29, 1.82) is 0 Å². The highest BCUT2D eigenvalue weighted by molar-refractivity contribution is 6.07. The Balaban J connectivity index is 1.78. The summed E-state index contributed by atoms with van der Waals surface area (Å²) in [7, 11) is 2.02. The van der Waals surface area contributed by atoms with Gasteiger partial charge in [-0.15, -0.1) is 0 Å². The number of rotatable bonds is 1. The molecule has 2 aromatic carbocycles. The molecule has 4 rings (SSSR count). The van der Waals surface area contributed by atoms with Crippen LogP contribution in [0.5, 0.6) is 0 Å². The number of halogens is 1. The lowest BCUT2D eigenvalue weighted by Crippen LogP contribution is -2.43. The second-order valence-corrected chi connectivity index (χ2v) is 7.29. The molecule has 2 amide bonds. The molecule has 0 aromatic heterocycles. The summed E-state index contributed by atoms with van der Waals surface area (Å²) in [5, 5.41) is 2.68. The number of hydrogen-bond donors (Lipinski definition) is 1. The molecular formula is C21H22FN3O2. The first-order valence-corrected chi connectivity index (χ1v) is 9.18. The topological polar surface area (TPSA) is 52.7 Å². The van der Waals surface area contributed by atoms with Crippen LogP contribution in [-0.2, 0) is 9.59 Å². The predicted octanol–water partition coefficient (Wildman–Crippen LogP) is 3.51. The quantitative estimate of drug-likeness (QED) is 0.839. The van der Waals surface area contributed by atoms with Crippen LogP contribution in [0.2, 0.25) is 0 Å². The highest BCUT2D eigenvalue weighted by Gasteiger charge is 2.37. The maximum Gasteiger partial charge on any atom is 0.235 e. The fourth-order valence-electron chi connectivity index (χ4n) is 4.02. The Morgan fingerprint density at radius 3 is 2.70 bits per heavy atom. The summed E-state index contributed by atoms with van der Waals surface area (Å²) >= 11 is 0. The second kappa shape index (κ2) is 6.68. The highest BCUT2D eigenvalue weighted by Crippen LogP contribution is 2.39. The Kier molecular flexibility index (Phi) is 4.34. The van der Waals surface area contributed by atoms with E-state index in [9.17, 15) is 14.0 Å². The normalized spacial score (nSPS) is 21.8. The van der Waals surface area contributed by atoms with Crippen LogP contribution in [0.25, 0.3) is 0 Å². The molecule has 2 atom stereocenters. The fraction of sp³-hybridized carbons (Fsp3) is 0.333. The van der Waals surface area contributed by atoms with Gasteiger partial charge in [0.25, 0.3) is 0 Å². The number of anilines is 3. The lowest BCUT2D eigenvalue weighted by molar-refractivity contribution is -0.124. The van der Waals surface area contributed by atoms with Crippen LogP contribution in [0, 0.1) is 5.82 Å². The van der Waals surface area contributed by atoms with Crippen LogP contribution in [0.4, 0.5) is 21.5 Å². The Morgan fingerprint density at radius 2 is 1.93 bits per heavy atom. The number of hydrogen-bond acceptors (Lipinski definition) is 3. The summed E-state index contributed by atoms with van der Waals surface area (Å²) in [4.78, 5) is 29.7. The summed E-state index contributed by atoms with van der Waals surface area (Å²) in [5.41, 5.74) is 2.90. The molecule has 0 bridgehead atoms. The van der Waals surface area contributed by atoms with Gasteiger partial charge in [0.05, 0.1) is 17.3 Å². The van der Waals surface area contributed by atoms with E-state index in [-0.39, 0.29) is 24.3 Å². The molecular weight excluding hydrogens is 345 g/mol. The molecule has 6 heteroatoms. The Morgan fingerprint density at radius 1 is 1.19 bits per heavy atom. The van der Waals surface area contributed by atoms with Gasteiger partial charge < -0.3 is 15.1 Å². The predicted molar refractivity (Wildman–Crippen MR) is 104 cm³/mol. The summed E-state index contributed by atoms with van der Waals surface area (Å²) in [5.74, 6) is -1.43. The van der Waals surface area contributed by atoms with Gasteiger partial charge in [0.2, 0.25) is 11.8 Å². The summed E-state index contributed by atoms with van der Waals surface area (Å²) < 4.78 is 13.6. The minimum Gasteiger partial charge on any atom is -0.373 e. The molecule has 27 heavy (non-hydrogen) atoms. The monoisotopic (exact) mass is 367 g/mol. The molecule has 2 unspecified atom stereocenters. The van der Waals surface area contributed by atoms with Crippen molar-refractivity contribution in [3.05, 3.63) is 53.8 Å². The Labute approximate surface area is 157 Å². The van der Waals surface area contributed by atoms with E-state index in [4.69, 9.17) is 0 Å². The van der Waals surface area contributed by atoms with E-state index in [1.807, 2.05) is 43.1 Å². The van der Waals surface area contributed by atoms with Gasteiger partial charge in [-0.25, -0.2) is 4.39 Å². The van der Waals surface area contributed by atoms with Crippen LogP contribution in [0.1, 0.15) is 31.2 Å². The van der Waals surface area contributed by atoms with Gasteiger partial charge in [0.1, 0.15) is 5.82 Å². The zero-order chi connectivity index (χ0) is 19.1. The van der Waals surface area contributed by atoms with E-state index in [0.717, 1.165) is 24.3 Å². The number of carbonyl (C=O) groups is 2. The van der Waals surface area contributed by atoms with Crippen molar-refractivity contribution < 1.29 is 14.0 Å². The third-order valence-electron chi connectivity index (χ3n) is 5.47. The third-order valence-corrected chi connectivity index (χ3v) is 5.47. The molecule has 5 nitrogen and oxygen atoms in total. The average Bonchev–Trinajstić information content (AvgIpc) is 2.77.